The lowest BCUT2D eigenvalue weighted by Crippen LogP contribution is -2.24. The number of anilines is 1. The number of carbonyl (C=O) groups is 2. The Morgan fingerprint density at radius 1 is 1.27 bits per heavy atom. The number of benzene rings is 2. The van der Waals surface area contributed by atoms with Gasteiger partial charge < -0.3 is 4.90 Å². The summed E-state index contributed by atoms with van der Waals surface area (Å²) in [5.41, 5.74) is 3.56. The molecule has 0 unspecified atom stereocenters. The second kappa shape index (κ2) is 6.88. The van der Waals surface area contributed by atoms with E-state index < -0.39 is 0 Å². The summed E-state index contributed by atoms with van der Waals surface area (Å²) in [7, 11) is 0. The van der Waals surface area contributed by atoms with E-state index in [4.69, 9.17) is 0 Å². The molecule has 5 nitrogen and oxygen atoms in total. The zero-order valence-corrected chi connectivity index (χ0v) is 15.3. The molecule has 26 heavy (non-hydrogen) atoms. The lowest BCUT2D eigenvalue weighted by Gasteiger charge is -2.15. The van der Waals surface area contributed by atoms with Crippen LogP contribution in [0.3, 0.4) is 0 Å². The van der Waals surface area contributed by atoms with Crippen molar-refractivity contribution in [3.8, 4) is 0 Å². The third-order valence-electron chi connectivity index (χ3n) is 4.58. The summed E-state index contributed by atoms with van der Waals surface area (Å²) in [6.45, 7) is 3.36. The molecule has 1 aliphatic rings. The van der Waals surface area contributed by atoms with Crippen LogP contribution in [0.2, 0.25) is 0 Å². The van der Waals surface area contributed by atoms with Gasteiger partial charge >= 0.3 is 0 Å². The Kier molecular flexibility index (Phi) is 4.42. The van der Waals surface area contributed by atoms with Crippen LogP contribution < -0.4 is 5.32 Å². The number of nitrogens with zero attached hydrogens (tertiary/aromatic N) is 2. The maximum atomic E-state index is 12.6. The van der Waals surface area contributed by atoms with Gasteiger partial charge in [-0.15, -0.1) is 0 Å². The molecule has 0 saturated carbocycles. The number of thiazole rings is 1. The first-order chi connectivity index (χ1) is 12.6. The second-order valence-electron chi connectivity index (χ2n) is 6.51. The Bertz CT molecular complexity index is 996. The number of aryl methyl sites for hydroxylation is 1. The maximum Gasteiger partial charge on any atom is 0.257 e. The zero-order chi connectivity index (χ0) is 18.1. The van der Waals surface area contributed by atoms with Crippen molar-refractivity contribution in [1.29, 1.82) is 0 Å². The van der Waals surface area contributed by atoms with Crippen LogP contribution in [-0.2, 0) is 11.3 Å². The number of para-hydroxylation sites is 1. The van der Waals surface area contributed by atoms with Gasteiger partial charge in [-0.05, 0) is 42.7 Å². The van der Waals surface area contributed by atoms with Crippen LogP contribution in [-0.4, -0.2) is 28.2 Å². The average Bonchev–Trinajstić information content (AvgIpc) is 3.22. The molecule has 2 amide bonds. The molecule has 3 aromatic rings. The van der Waals surface area contributed by atoms with Crippen LogP contribution in [0.25, 0.3) is 10.2 Å². The van der Waals surface area contributed by atoms with Crippen LogP contribution >= 0.6 is 11.3 Å². The third-order valence-corrected chi connectivity index (χ3v) is 5.51. The smallest absolute Gasteiger partial charge is 0.257 e. The van der Waals surface area contributed by atoms with Crippen molar-refractivity contribution < 1.29 is 9.59 Å². The molecule has 4 rings (SSSR count). The van der Waals surface area contributed by atoms with Crippen molar-refractivity contribution in [2.24, 2.45) is 0 Å². The molecular weight excluding hydrogens is 346 g/mol. The molecule has 2 heterocycles. The molecule has 2 aromatic carbocycles. The molecule has 1 aromatic heterocycles. The van der Waals surface area contributed by atoms with E-state index in [1.807, 2.05) is 48.2 Å². The SMILES string of the molecule is Cc1cccc2sc(NC(=O)c3cccc(CN4CCCC4=O)c3)nc12. The molecule has 6 heteroatoms. The van der Waals surface area contributed by atoms with Crippen molar-refractivity contribution in [2.45, 2.75) is 26.3 Å². The Labute approximate surface area is 155 Å². The van der Waals surface area contributed by atoms with E-state index in [1.165, 1.54) is 11.3 Å². The number of carbonyl (C=O) groups excluding carboxylic acids is 2. The summed E-state index contributed by atoms with van der Waals surface area (Å²) in [5.74, 6) is 0.000933. The highest BCUT2D eigenvalue weighted by Crippen LogP contribution is 2.28. The summed E-state index contributed by atoms with van der Waals surface area (Å²) < 4.78 is 1.06. The van der Waals surface area contributed by atoms with Crippen molar-refractivity contribution in [2.75, 3.05) is 11.9 Å². The predicted molar refractivity (Wildman–Crippen MR) is 103 cm³/mol. The molecule has 0 spiro atoms. The first-order valence-corrected chi connectivity index (χ1v) is 9.46. The molecule has 1 fully saturated rings. The largest absolute Gasteiger partial charge is 0.338 e. The minimum Gasteiger partial charge on any atom is -0.338 e. The number of amides is 2. The first kappa shape index (κ1) is 16.7. The molecule has 0 aliphatic carbocycles. The Morgan fingerprint density at radius 2 is 2.12 bits per heavy atom. The molecule has 0 atom stereocenters. The maximum absolute atomic E-state index is 12.6. The highest BCUT2D eigenvalue weighted by Gasteiger charge is 2.20. The fourth-order valence-electron chi connectivity index (χ4n) is 3.21. The Morgan fingerprint density at radius 3 is 2.88 bits per heavy atom. The number of aromatic nitrogens is 1. The highest BCUT2D eigenvalue weighted by molar-refractivity contribution is 7.22. The summed E-state index contributed by atoms with van der Waals surface area (Å²) in [4.78, 5) is 30.8. The van der Waals surface area contributed by atoms with Gasteiger partial charge in [0.1, 0.15) is 0 Å². The lowest BCUT2D eigenvalue weighted by molar-refractivity contribution is -0.128. The second-order valence-corrected chi connectivity index (χ2v) is 7.54. The van der Waals surface area contributed by atoms with Crippen molar-refractivity contribution in [3.63, 3.8) is 0 Å². The summed E-state index contributed by atoms with van der Waals surface area (Å²) >= 11 is 1.47. The summed E-state index contributed by atoms with van der Waals surface area (Å²) in [6.07, 6.45) is 1.53. The van der Waals surface area contributed by atoms with Gasteiger partial charge in [-0.1, -0.05) is 35.6 Å². The number of hydrogen-bond donors (Lipinski definition) is 1. The van der Waals surface area contributed by atoms with E-state index in [0.29, 0.717) is 23.7 Å². The van der Waals surface area contributed by atoms with Crippen LogP contribution in [0.15, 0.2) is 42.5 Å². The average molecular weight is 365 g/mol. The fourth-order valence-corrected chi connectivity index (χ4v) is 4.15. The van der Waals surface area contributed by atoms with Gasteiger partial charge in [-0.2, -0.15) is 0 Å². The minimum absolute atomic E-state index is 0.184. The van der Waals surface area contributed by atoms with Gasteiger partial charge in [0.25, 0.3) is 5.91 Å². The van der Waals surface area contributed by atoms with Gasteiger partial charge in [0, 0.05) is 25.1 Å². The minimum atomic E-state index is -0.184. The van der Waals surface area contributed by atoms with E-state index in [2.05, 4.69) is 10.3 Å². The van der Waals surface area contributed by atoms with E-state index in [9.17, 15) is 9.59 Å². The van der Waals surface area contributed by atoms with Gasteiger partial charge in [0.15, 0.2) is 5.13 Å². The Balaban J connectivity index is 1.51. The van der Waals surface area contributed by atoms with Gasteiger partial charge in [-0.3, -0.25) is 14.9 Å². The monoisotopic (exact) mass is 365 g/mol. The quantitative estimate of drug-likeness (QED) is 0.761. The zero-order valence-electron chi connectivity index (χ0n) is 14.5. The topological polar surface area (TPSA) is 62.3 Å². The molecular formula is C20H19N3O2S. The standard InChI is InChI=1S/C20H19N3O2S/c1-13-5-2-8-16-18(13)21-20(26-16)22-19(25)15-7-3-6-14(11-15)12-23-10-4-9-17(23)24/h2-3,5-8,11H,4,9-10,12H2,1H3,(H,21,22,25). The summed E-state index contributed by atoms with van der Waals surface area (Å²) in [5, 5.41) is 3.49. The molecule has 1 N–H and O–H groups in total. The number of likely N-dealkylation sites (tertiary alicyclic amines) is 1. The predicted octanol–water partition coefficient (Wildman–Crippen LogP) is 3.98. The van der Waals surface area contributed by atoms with E-state index in [-0.39, 0.29) is 11.8 Å². The van der Waals surface area contributed by atoms with Crippen LogP contribution in [0.1, 0.15) is 34.3 Å². The number of fused-ring (bicyclic) bond motifs is 1. The van der Waals surface area contributed by atoms with Gasteiger partial charge in [-0.25, -0.2) is 4.98 Å². The van der Waals surface area contributed by atoms with E-state index >= 15 is 0 Å². The van der Waals surface area contributed by atoms with Crippen LogP contribution in [0.4, 0.5) is 5.13 Å². The fraction of sp³-hybridized carbons (Fsp3) is 0.250. The highest BCUT2D eigenvalue weighted by atomic mass is 32.1. The van der Waals surface area contributed by atoms with Gasteiger partial charge in [0.05, 0.1) is 10.2 Å². The summed E-state index contributed by atoms with van der Waals surface area (Å²) in [6, 6.07) is 13.4. The molecule has 132 valence electrons. The number of nitrogens with one attached hydrogen (secondary N) is 1. The molecule has 1 saturated heterocycles. The van der Waals surface area contributed by atoms with Crippen molar-refractivity contribution in [3.05, 3.63) is 59.2 Å². The van der Waals surface area contributed by atoms with Crippen molar-refractivity contribution in [1.82, 2.24) is 9.88 Å². The normalized spacial score (nSPS) is 14.2. The molecule has 0 radical (unpaired) electrons. The first-order valence-electron chi connectivity index (χ1n) is 8.64. The number of rotatable bonds is 4. The van der Waals surface area contributed by atoms with Crippen molar-refractivity contribution >= 4 is 38.5 Å². The molecule has 1 aliphatic heterocycles. The third kappa shape index (κ3) is 3.32. The van der Waals surface area contributed by atoms with Crippen LogP contribution in [0, 0.1) is 6.92 Å². The molecule has 0 bridgehead atoms. The Hall–Kier alpha value is -2.73. The van der Waals surface area contributed by atoms with Gasteiger partial charge in [0.2, 0.25) is 5.91 Å². The lowest BCUT2D eigenvalue weighted by atomic mass is 10.1. The van der Waals surface area contributed by atoms with E-state index in [1.54, 1.807) is 6.07 Å². The van der Waals surface area contributed by atoms with E-state index in [0.717, 1.165) is 34.3 Å². The number of hydrogen-bond acceptors (Lipinski definition) is 4. The van der Waals surface area contributed by atoms with Crippen LogP contribution in [0.5, 0.6) is 0 Å².